The van der Waals surface area contributed by atoms with E-state index >= 15 is 0 Å². The van der Waals surface area contributed by atoms with Gasteiger partial charge in [-0.1, -0.05) is 6.07 Å². The first-order valence-corrected chi connectivity index (χ1v) is 8.16. The molecule has 3 N–H and O–H groups in total. The van der Waals surface area contributed by atoms with Crippen molar-refractivity contribution >= 4 is 27.6 Å². The van der Waals surface area contributed by atoms with Crippen LogP contribution in [0.1, 0.15) is 28.8 Å². The van der Waals surface area contributed by atoms with Gasteiger partial charge < -0.3 is 10.4 Å². The minimum absolute atomic E-state index is 0.0188. The molecular formula is C13H18N2O5S. The molecular weight excluding hydrogens is 296 g/mol. The van der Waals surface area contributed by atoms with Gasteiger partial charge in [0.15, 0.2) is 0 Å². The molecule has 8 heteroatoms. The van der Waals surface area contributed by atoms with Crippen LogP contribution in [0.25, 0.3) is 0 Å². The summed E-state index contributed by atoms with van der Waals surface area (Å²) in [4.78, 5) is 22.2. The quantitative estimate of drug-likeness (QED) is 0.649. The number of hydrogen-bond acceptors (Lipinski definition) is 4. The van der Waals surface area contributed by atoms with Crippen LogP contribution in [0.3, 0.4) is 0 Å². The smallest absolute Gasteiger partial charge is 0.303 e. The van der Waals surface area contributed by atoms with E-state index in [1.807, 2.05) is 0 Å². The Morgan fingerprint density at radius 3 is 2.52 bits per heavy atom. The van der Waals surface area contributed by atoms with Gasteiger partial charge in [-0.05, 0) is 31.0 Å². The number of rotatable bonds is 7. The molecule has 0 atom stereocenters. The van der Waals surface area contributed by atoms with Crippen LogP contribution in [0, 0.1) is 6.92 Å². The van der Waals surface area contributed by atoms with Crippen molar-refractivity contribution in [3.8, 4) is 0 Å². The average Bonchev–Trinajstić information content (AvgIpc) is 2.35. The highest BCUT2D eigenvalue weighted by Gasteiger charge is 2.10. The molecule has 0 bridgehead atoms. The summed E-state index contributed by atoms with van der Waals surface area (Å²) in [6.45, 7) is 1.97. The van der Waals surface area contributed by atoms with Crippen molar-refractivity contribution in [3.05, 3.63) is 29.3 Å². The number of anilines is 1. The van der Waals surface area contributed by atoms with E-state index in [0.717, 1.165) is 6.26 Å². The molecule has 0 unspecified atom stereocenters. The average molecular weight is 314 g/mol. The van der Waals surface area contributed by atoms with E-state index < -0.39 is 16.0 Å². The molecule has 0 aliphatic heterocycles. The van der Waals surface area contributed by atoms with Crippen LogP contribution < -0.4 is 10.0 Å². The van der Waals surface area contributed by atoms with Crippen LogP contribution in [-0.2, 0) is 14.8 Å². The predicted octanol–water partition coefficient (Wildman–Crippen LogP) is 0.961. The van der Waals surface area contributed by atoms with Crippen LogP contribution in [0.2, 0.25) is 0 Å². The molecule has 1 aromatic rings. The number of carbonyl (C=O) groups is 2. The summed E-state index contributed by atoms with van der Waals surface area (Å²) in [6, 6.07) is 4.66. The molecule has 116 valence electrons. The van der Waals surface area contributed by atoms with Gasteiger partial charge in [0, 0.05) is 18.5 Å². The number of carboxylic acids is 1. The zero-order valence-corrected chi connectivity index (χ0v) is 12.7. The number of carboxylic acid groups (broad SMARTS) is 1. The Kier molecular flexibility index (Phi) is 5.71. The fraction of sp³-hybridized carbons (Fsp3) is 0.385. The molecule has 0 aromatic heterocycles. The number of aliphatic carboxylic acids is 1. The molecule has 7 nitrogen and oxygen atoms in total. The van der Waals surface area contributed by atoms with Crippen molar-refractivity contribution in [2.45, 2.75) is 19.8 Å². The Morgan fingerprint density at radius 1 is 1.29 bits per heavy atom. The second kappa shape index (κ2) is 7.07. The monoisotopic (exact) mass is 314 g/mol. The van der Waals surface area contributed by atoms with Gasteiger partial charge in [-0.3, -0.25) is 14.3 Å². The summed E-state index contributed by atoms with van der Waals surface area (Å²) in [7, 11) is -3.42. The topological polar surface area (TPSA) is 113 Å². The van der Waals surface area contributed by atoms with Crippen molar-refractivity contribution in [2.24, 2.45) is 0 Å². The van der Waals surface area contributed by atoms with E-state index in [0.29, 0.717) is 23.2 Å². The van der Waals surface area contributed by atoms with Gasteiger partial charge in [0.25, 0.3) is 5.91 Å². The second-order valence-corrected chi connectivity index (χ2v) is 6.41. The standard InChI is InChI=1S/C13H18N2O5S/c1-9-5-6-10(8-11(9)15-21(2,19)20)13(18)14-7-3-4-12(16)17/h5-6,8,15H,3-4,7H2,1-2H3,(H,14,18)(H,16,17). The Balaban J connectivity index is 2.72. The fourth-order valence-corrected chi connectivity index (χ4v) is 2.24. The molecule has 0 aliphatic rings. The highest BCUT2D eigenvalue weighted by atomic mass is 32.2. The normalized spacial score (nSPS) is 11.0. The third kappa shape index (κ3) is 6.26. The highest BCUT2D eigenvalue weighted by molar-refractivity contribution is 7.92. The highest BCUT2D eigenvalue weighted by Crippen LogP contribution is 2.18. The van der Waals surface area contributed by atoms with E-state index in [4.69, 9.17) is 5.11 Å². The van der Waals surface area contributed by atoms with Crippen LogP contribution >= 0.6 is 0 Å². The molecule has 0 aliphatic carbocycles. The molecule has 1 rings (SSSR count). The maximum absolute atomic E-state index is 11.9. The summed E-state index contributed by atoms with van der Waals surface area (Å²) in [6.07, 6.45) is 1.35. The Hall–Kier alpha value is -2.09. The Morgan fingerprint density at radius 2 is 1.95 bits per heavy atom. The number of carbonyl (C=O) groups excluding carboxylic acids is 1. The van der Waals surface area contributed by atoms with Crippen molar-refractivity contribution in [1.29, 1.82) is 0 Å². The molecule has 0 heterocycles. The number of sulfonamides is 1. The molecule has 1 amide bonds. The lowest BCUT2D eigenvalue weighted by Gasteiger charge is -2.10. The van der Waals surface area contributed by atoms with Gasteiger partial charge in [0.05, 0.1) is 11.9 Å². The van der Waals surface area contributed by atoms with Gasteiger partial charge in [-0.2, -0.15) is 0 Å². The lowest BCUT2D eigenvalue weighted by Crippen LogP contribution is -2.25. The first-order chi connectivity index (χ1) is 9.69. The summed E-state index contributed by atoms with van der Waals surface area (Å²) in [5, 5.41) is 11.1. The second-order valence-electron chi connectivity index (χ2n) is 4.66. The Labute approximate surface area is 123 Å². The van der Waals surface area contributed by atoms with Crippen molar-refractivity contribution < 1.29 is 23.1 Å². The van der Waals surface area contributed by atoms with Crippen LogP contribution in [0.15, 0.2) is 18.2 Å². The number of nitrogens with one attached hydrogen (secondary N) is 2. The first-order valence-electron chi connectivity index (χ1n) is 6.27. The van der Waals surface area contributed by atoms with Gasteiger partial charge in [-0.25, -0.2) is 8.42 Å². The third-order valence-electron chi connectivity index (χ3n) is 2.65. The number of benzene rings is 1. The van der Waals surface area contributed by atoms with Gasteiger partial charge in [0.2, 0.25) is 10.0 Å². The van der Waals surface area contributed by atoms with E-state index in [1.54, 1.807) is 19.1 Å². The van der Waals surface area contributed by atoms with Crippen molar-refractivity contribution in [3.63, 3.8) is 0 Å². The number of hydrogen-bond donors (Lipinski definition) is 3. The van der Waals surface area contributed by atoms with E-state index in [9.17, 15) is 18.0 Å². The molecule has 21 heavy (non-hydrogen) atoms. The maximum atomic E-state index is 11.9. The largest absolute Gasteiger partial charge is 0.481 e. The Bertz CT molecular complexity index is 640. The summed E-state index contributed by atoms with van der Waals surface area (Å²) in [5.41, 5.74) is 1.35. The van der Waals surface area contributed by atoms with Gasteiger partial charge in [0.1, 0.15) is 0 Å². The predicted molar refractivity (Wildman–Crippen MR) is 78.8 cm³/mol. The van der Waals surface area contributed by atoms with E-state index in [1.165, 1.54) is 6.07 Å². The fourth-order valence-electron chi connectivity index (χ4n) is 1.62. The van der Waals surface area contributed by atoms with Gasteiger partial charge >= 0.3 is 5.97 Å². The van der Waals surface area contributed by atoms with Crippen LogP contribution in [-0.4, -0.2) is 38.2 Å². The number of aryl methyl sites for hydroxylation is 1. The lowest BCUT2D eigenvalue weighted by atomic mass is 10.1. The lowest BCUT2D eigenvalue weighted by molar-refractivity contribution is -0.137. The number of amides is 1. The SMILES string of the molecule is Cc1ccc(C(=O)NCCCC(=O)O)cc1NS(C)(=O)=O. The third-order valence-corrected chi connectivity index (χ3v) is 3.24. The molecule has 1 aromatic carbocycles. The minimum Gasteiger partial charge on any atom is -0.481 e. The molecule has 0 spiro atoms. The molecule has 0 radical (unpaired) electrons. The molecule has 0 saturated carbocycles. The van der Waals surface area contributed by atoms with Gasteiger partial charge in [-0.15, -0.1) is 0 Å². The molecule has 0 fully saturated rings. The summed E-state index contributed by atoms with van der Waals surface area (Å²) < 4.78 is 24.8. The van der Waals surface area contributed by atoms with Crippen LogP contribution in [0.5, 0.6) is 0 Å². The summed E-state index contributed by atoms with van der Waals surface area (Å²) >= 11 is 0. The molecule has 0 saturated heterocycles. The zero-order chi connectivity index (χ0) is 16.0. The summed E-state index contributed by atoms with van der Waals surface area (Å²) in [5.74, 6) is -1.30. The first kappa shape index (κ1) is 17.0. The van der Waals surface area contributed by atoms with E-state index in [-0.39, 0.29) is 18.9 Å². The van der Waals surface area contributed by atoms with Crippen molar-refractivity contribution in [2.75, 3.05) is 17.5 Å². The maximum Gasteiger partial charge on any atom is 0.303 e. The van der Waals surface area contributed by atoms with Crippen molar-refractivity contribution in [1.82, 2.24) is 5.32 Å². The minimum atomic E-state index is -3.42. The van der Waals surface area contributed by atoms with E-state index in [2.05, 4.69) is 10.0 Å². The van der Waals surface area contributed by atoms with Crippen LogP contribution in [0.4, 0.5) is 5.69 Å². The zero-order valence-electron chi connectivity index (χ0n) is 11.8.